The second-order valence-corrected chi connectivity index (χ2v) is 12.2. The predicted octanol–water partition coefficient (Wildman–Crippen LogP) is 4.29. The summed E-state index contributed by atoms with van der Waals surface area (Å²) in [5.41, 5.74) is 1.04. The van der Waals surface area contributed by atoms with Gasteiger partial charge in [-0.2, -0.15) is 0 Å². The molecule has 3 atom stereocenters. The van der Waals surface area contributed by atoms with Crippen molar-refractivity contribution in [2.75, 3.05) is 20.3 Å². The maximum atomic E-state index is 15.4. The summed E-state index contributed by atoms with van der Waals surface area (Å²) in [6, 6.07) is 2.08. The lowest BCUT2D eigenvalue weighted by Crippen LogP contribution is -2.48. The van der Waals surface area contributed by atoms with E-state index in [9.17, 15) is 14.7 Å². The van der Waals surface area contributed by atoms with Gasteiger partial charge in [-0.05, 0) is 86.7 Å². The molecule has 6 fully saturated rings. The topological polar surface area (TPSA) is 76.1 Å². The third kappa shape index (κ3) is 4.04. The van der Waals surface area contributed by atoms with Gasteiger partial charge in [0.1, 0.15) is 17.6 Å². The lowest BCUT2D eigenvalue weighted by atomic mass is 9.50. The van der Waals surface area contributed by atoms with Gasteiger partial charge in [0, 0.05) is 23.9 Å². The van der Waals surface area contributed by atoms with Crippen LogP contribution in [-0.2, 0) is 9.53 Å². The van der Waals surface area contributed by atoms with Gasteiger partial charge in [0.05, 0.1) is 25.4 Å². The molecule has 1 saturated heterocycles. The van der Waals surface area contributed by atoms with E-state index in [4.69, 9.17) is 9.47 Å². The third-order valence-corrected chi connectivity index (χ3v) is 9.57. The van der Waals surface area contributed by atoms with Gasteiger partial charge in [0.25, 0.3) is 5.91 Å². The molecule has 1 heterocycles. The van der Waals surface area contributed by atoms with E-state index in [1.54, 1.807) is 13.0 Å². The number of aliphatic hydroxyl groups is 1. The van der Waals surface area contributed by atoms with Crippen molar-refractivity contribution in [3.05, 3.63) is 29.1 Å². The fourth-order valence-corrected chi connectivity index (χ4v) is 8.07. The van der Waals surface area contributed by atoms with Crippen LogP contribution in [0.15, 0.2) is 12.1 Å². The Morgan fingerprint density at radius 1 is 1.11 bits per heavy atom. The Labute approximate surface area is 206 Å². The summed E-state index contributed by atoms with van der Waals surface area (Å²) in [5.74, 6) is 1.00. The number of carbonyl (C=O) groups is 2. The first-order valence-corrected chi connectivity index (χ1v) is 13.3. The smallest absolute Gasteiger partial charge is 0.328 e. The molecular formula is C28H36FNO5. The average molecular weight is 486 g/mol. The number of amides is 1. The molecule has 6 nitrogen and oxygen atoms in total. The molecule has 1 amide bonds. The molecule has 35 heavy (non-hydrogen) atoms. The van der Waals surface area contributed by atoms with Crippen molar-refractivity contribution in [3.8, 4) is 5.75 Å². The molecule has 1 N–H and O–H groups in total. The predicted molar refractivity (Wildman–Crippen MR) is 126 cm³/mol. The number of β-amino-alcohol motifs (C(OH)–C–C–N with tert-alkyl or cyclic N) is 1. The van der Waals surface area contributed by atoms with Crippen molar-refractivity contribution in [1.29, 1.82) is 0 Å². The third-order valence-electron chi connectivity index (χ3n) is 9.57. The number of methoxy groups -OCH3 is 1. The van der Waals surface area contributed by atoms with E-state index < -0.39 is 35.8 Å². The van der Waals surface area contributed by atoms with Crippen molar-refractivity contribution in [2.24, 2.45) is 29.1 Å². The molecule has 0 aromatic heterocycles. The number of aliphatic hydroxyl groups excluding tert-OH is 1. The van der Waals surface area contributed by atoms with Gasteiger partial charge in [0.15, 0.2) is 0 Å². The van der Waals surface area contributed by atoms with E-state index in [0.29, 0.717) is 12.4 Å². The Morgan fingerprint density at radius 3 is 2.31 bits per heavy atom. The maximum absolute atomic E-state index is 15.4. The lowest BCUT2D eigenvalue weighted by Gasteiger charge is -2.56. The number of rotatable bonds is 6. The molecule has 1 aromatic carbocycles. The first kappa shape index (κ1) is 23.3. The van der Waals surface area contributed by atoms with Crippen LogP contribution in [0.5, 0.6) is 5.75 Å². The highest BCUT2D eigenvalue weighted by molar-refractivity contribution is 5.98. The van der Waals surface area contributed by atoms with Gasteiger partial charge < -0.3 is 19.5 Å². The van der Waals surface area contributed by atoms with Gasteiger partial charge in [-0.3, -0.25) is 4.79 Å². The standard InChI is InChI=1S/C28H36FNO5/c1-15-23(31)13-30(25(15)27(33)34-2)26(32)21-8-20(19-3-4-19)24(9-22(21)29)35-14-28-10-16-5-17(11-28)7-18(6-16)12-28/h8-9,15-19,23,25,31H,3-7,10-14H2,1-2H3/t15?,16?,17?,18?,23-,25-,28?/m0/s1. The second-order valence-electron chi connectivity index (χ2n) is 12.2. The summed E-state index contributed by atoms with van der Waals surface area (Å²) in [6.45, 7) is 2.30. The fraction of sp³-hybridized carbons (Fsp3) is 0.714. The molecule has 0 radical (unpaired) electrons. The molecule has 4 bridgehead atoms. The van der Waals surface area contributed by atoms with Crippen LogP contribution < -0.4 is 4.74 Å². The van der Waals surface area contributed by atoms with Crippen LogP contribution in [-0.4, -0.2) is 54.3 Å². The van der Waals surface area contributed by atoms with Crippen LogP contribution in [0.2, 0.25) is 0 Å². The van der Waals surface area contributed by atoms with Gasteiger partial charge >= 0.3 is 5.97 Å². The Balaban J connectivity index is 1.25. The molecule has 7 rings (SSSR count). The molecule has 6 aliphatic rings. The van der Waals surface area contributed by atoms with Crippen molar-refractivity contribution in [2.45, 2.75) is 76.4 Å². The number of halogens is 1. The molecule has 1 aliphatic heterocycles. The minimum absolute atomic E-state index is 0.0256. The number of carbonyl (C=O) groups excluding carboxylic acids is 2. The highest BCUT2D eigenvalue weighted by Gasteiger charge is 2.51. The van der Waals surface area contributed by atoms with Crippen LogP contribution in [0.4, 0.5) is 4.39 Å². The minimum Gasteiger partial charge on any atom is -0.493 e. The van der Waals surface area contributed by atoms with E-state index >= 15 is 4.39 Å². The normalized spacial score (nSPS) is 37.5. The summed E-state index contributed by atoms with van der Waals surface area (Å²) in [7, 11) is 1.25. The Bertz CT molecular complexity index is 1000. The SMILES string of the molecule is COC(=O)[C@@H]1C(C)[C@@H](O)CN1C(=O)c1cc(C2CC2)c(OCC23CC4CC(CC(C4)C2)C3)cc1F. The Hall–Kier alpha value is -2.15. The summed E-state index contributed by atoms with van der Waals surface area (Å²) in [5, 5.41) is 10.3. The van der Waals surface area contributed by atoms with Gasteiger partial charge in [-0.15, -0.1) is 0 Å². The largest absolute Gasteiger partial charge is 0.493 e. The first-order chi connectivity index (χ1) is 16.8. The number of benzene rings is 1. The number of likely N-dealkylation sites (tertiary alicyclic amines) is 1. The molecule has 5 aliphatic carbocycles. The van der Waals surface area contributed by atoms with Gasteiger partial charge in [-0.1, -0.05) is 6.92 Å². The second kappa shape index (κ2) is 8.46. The van der Waals surface area contributed by atoms with Crippen LogP contribution in [0.3, 0.4) is 0 Å². The van der Waals surface area contributed by atoms with Crippen LogP contribution in [0.25, 0.3) is 0 Å². The molecule has 0 spiro atoms. The zero-order valence-corrected chi connectivity index (χ0v) is 20.7. The molecule has 1 aromatic rings. The van der Waals surface area contributed by atoms with E-state index in [1.807, 2.05) is 0 Å². The maximum Gasteiger partial charge on any atom is 0.328 e. The summed E-state index contributed by atoms with van der Waals surface area (Å²) in [4.78, 5) is 27.0. The zero-order valence-electron chi connectivity index (χ0n) is 20.7. The quantitative estimate of drug-likeness (QED) is 0.609. The Morgan fingerprint density at radius 2 is 1.74 bits per heavy atom. The van der Waals surface area contributed by atoms with E-state index in [1.165, 1.54) is 56.6 Å². The molecular weight excluding hydrogens is 449 g/mol. The van der Waals surface area contributed by atoms with Gasteiger partial charge in [0.2, 0.25) is 0 Å². The first-order valence-electron chi connectivity index (χ1n) is 13.3. The number of esters is 1. The molecule has 1 unspecified atom stereocenters. The number of hydrogen-bond acceptors (Lipinski definition) is 5. The highest BCUT2D eigenvalue weighted by atomic mass is 19.1. The average Bonchev–Trinajstić information content (AvgIpc) is 3.61. The van der Waals surface area contributed by atoms with Crippen LogP contribution in [0, 0.1) is 34.9 Å². The number of ether oxygens (including phenoxy) is 2. The molecule has 190 valence electrons. The summed E-state index contributed by atoms with van der Waals surface area (Å²) < 4.78 is 26.7. The minimum atomic E-state index is -0.932. The lowest BCUT2D eigenvalue weighted by molar-refractivity contribution is -0.146. The van der Waals surface area contributed by atoms with Crippen molar-refractivity contribution < 1.29 is 28.6 Å². The molecule has 7 heteroatoms. The van der Waals surface area contributed by atoms with Crippen molar-refractivity contribution in [1.82, 2.24) is 4.90 Å². The highest BCUT2D eigenvalue weighted by Crippen LogP contribution is 2.60. The summed E-state index contributed by atoms with van der Waals surface area (Å²) in [6.07, 6.45) is 8.91. The van der Waals surface area contributed by atoms with E-state index in [2.05, 4.69) is 0 Å². The zero-order chi connectivity index (χ0) is 24.5. The monoisotopic (exact) mass is 485 g/mol. The van der Waals surface area contributed by atoms with E-state index in [0.717, 1.165) is 36.2 Å². The Kier molecular flexibility index (Phi) is 5.62. The van der Waals surface area contributed by atoms with Gasteiger partial charge in [-0.25, -0.2) is 9.18 Å². The van der Waals surface area contributed by atoms with E-state index in [-0.39, 0.29) is 23.4 Å². The van der Waals surface area contributed by atoms with Crippen molar-refractivity contribution >= 4 is 11.9 Å². The van der Waals surface area contributed by atoms with Crippen LogP contribution in [0.1, 0.15) is 80.1 Å². The van der Waals surface area contributed by atoms with Crippen LogP contribution >= 0.6 is 0 Å². The fourth-order valence-electron chi connectivity index (χ4n) is 8.07. The van der Waals surface area contributed by atoms with Crippen molar-refractivity contribution in [3.63, 3.8) is 0 Å². The number of hydrogen-bond donors (Lipinski definition) is 1. The number of nitrogens with zero attached hydrogens (tertiary/aromatic N) is 1. The summed E-state index contributed by atoms with van der Waals surface area (Å²) >= 11 is 0. The molecule has 5 saturated carbocycles.